The van der Waals surface area contributed by atoms with E-state index in [4.69, 9.17) is 0 Å². The van der Waals surface area contributed by atoms with Crippen molar-refractivity contribution < 1.29 is 8.42 Å². The van der Waals surface area contributed by atoms with Gasteiger partial charge in [-0.25, -0.2) is 23.1 Å². The van der Waals surface area contributed by atoms with Crippen molar-refractivity contribution in [2.24, 2.45) is 0 Å². The Kier molecular flexibility index (Phi) is 6.48. The van der Waals surface area contributed by atoms with Crippen LogP contribution in [0.25, 0.3) is 11.1 Å². The van der Waals surface area contributed by atoms with Gasteiger partial charge in [-0.2, -0.15) is 0 Å². The molecular formula is C23H27N5O2S. The zero-order valence-corrected chi connectivity index (χ0v) is 18.4. The summed E-state index contributed by atoms with van der Waals surface area (Å²) in [6.07, 6.45) is 2.36. The SMILES string of the molecule is Cc1nc(NCCNS(=O)(=O)c2ccc(-c3ccccc3)cc2)cc(N2CCCC2)n1. The van der Waals surface area contributed by atoms with Crippen molar-refractivity contribution in [1.29, 1.82) is 0 Å². The van der Waals surface area contributed by atoms with Gasteiger partial charge < -0.3 is 10.2 Å². The van der Waals surface area contributed by atoms with E-state index in [0.29, 0.717) is 18.2 Å². The number of aromatic nitrogens is 2. The minimum absolute atomic E-state index is 0.251. The van der Waals surface area contributed by atoms with Crippen LogP contribution >= 0.6 is 0 Å². The standard InChI is InChI=1S/C23H27N5O2S/c1-18-26-22(17-23(27-18)28-15-5-6-16-28)24-13-14-25-31(29,30)21-11-9-20(10-12-21)19-7-3-2-4-8-19/h2-4,7-12,17,25H,5-6,13-16H2,1H3,(H,24,26,27). The highest BCUT2D eigenvalue weighted by Gasteiger charge is 2.16. The molecule has 1 saturated heterocycles. The van der Waals surface area contributed by atoms with Crippen molar-refractivity contribution >= 4 is 21.7 Å². The van der Waals surface area contributed by atoms with E-state index >= 15 is 0 Å². The minimum Gasteiger partial charge on any atom is -0.369 e. The topological polar surface area (TPSA) is 87.2 Å². The monoisotopic (exact) mass is 437 g/mol. The van der Waals surface area contributed by atoms with Gasteiger partial charge >= 0.3 is 0 Å². The fourth-order valence-corrected chi connectivity index (χ4v) is 4.70. The molecule has 7 nitrogen and oxygen atoms in total. The second-order valence-corrected chi connectivity index (χ2v) is 9.33. The van der Waals surface area contributed by atoms with Crippen LogP contribution in [0.3, 0.4) is 0 Å². The van der Waals surface area contributed by atoms with Gasteiger partial charge in [0.2, 0.25) is 10.0 Å². The summed E-state index contributed by atoms with van der Waals surface area (Å²) in [5.74, 6) is 2.33. The van der Waals surface area contributed by atoms with E-state index in [9.17, 15) is 8.42 Å². The molecule has 1 fully saturated rings. The molecule has 3 aromatic rings. The molecule has 0 radical (unpaired) electrons. The van der Waals surface area contributed by atoms with Crippen LogP contribution in [0, 0.1) is 6.92 Å². The maximum Gasteiger partial charge on any atom is 0.240 e. The Balaban J connectivity index is 1.33. The van der Waals surface area contributed by atoms with E-state index < -0.39 is 10.0 Å². The van der Waals surface area contributed by atoms with Crippen LogP contribution < -0.4 is 14.9 Å². The van der Waals surface area contributed by atoms with E-state index in [0.717, 1.165) is 30.0 Å². The number of hydrogen-bond acceptors (Lipinski definition) is 6. The molecular weight excluding hydrogens is 410 g/mol. The molecule has 0 bridgehead atoms. The summed E-state index contributed by atoms with van der Waals surface area (Å²) in [6.45, 7) is 4.58. The predicted octanol–water partition coefficient (Wildman–Crippen LogP) is 3.44. The molecule has 0 aliphatic carbocycles. The average Bonchev–Trinajstić information content (AvgIpc) is 3.32. The first-order valence-corrected chi connectivity index (χ1v) is 12.0. The summed E-state index contributed by atoms with van der Waals surface area (Å²) in [7, 11) is -3.57. The van der Waals surface area contributed by atoms with E-state index in [1.165, 1.54) is 12.8 Å². The minimum atomic E-state index is -3.57. The van der Waals surface area contributed by atoms with Crippen LogP contribution in [0.1, 0.15) is 18.7 Å². The van der Waals surface area contributed by atoms with Crippen LogP contribution in [0.2, 0.25) is 0 Å². The van der Waals surface area contributed by atoms with Gasteiger partial charge in [-0.15, -0.1) is 0 Å². The fraction of sp³-hybridized carbons (Fsp3) is 0.304. The lowest BCUT2D eigenvalue weighted by molar-refractivity contribution is 0.583. The lowest BCUT2D eigenvalue weighted by atomic mass is 10.1. The average molecular weight is 438 g/mol. The molecule has 0 atom stereocenters. The Morgan fingerprint density at radius 3 is 2.29 bits per heavy atom. The van der Waals surface area contributed by atoms with Crippen LogP contribution in [0.4, 0.5) is 11.6 Å². The van der Waals surface area contributed by atoms with Gasteiger partial charge in [0.1, 0.15) is 17.5 Å². The predicted molar refractivity (Wildman–Crippen MR) is 124 cm³/mol. The van der Waals surface area contributed by atoms with Gasteiger partial charge in [0, 0.05) is 32.2 Å². The van der Waals surface area contributed by atoms with Crippen molar-refractivity contribution in [3.05, 3.63) is 66.5 Å². The van der Waals surface area contributed by atoms with Gasteiger partial charge in [0.15, 0.2) is 0 Å². The maximum absolute atomic E-state index is 12.6. The molecule has 4 rings (SSSR count). The molecule has 0 unspecified atom stereocenters. The first-order valence-electron chi connectivity index (χ1n) is 10.5. The molecule has 1 aromatic heterocycles. The van der Waals surface area contributed by atoms with Gasteiger partial charge in [0.05, 0.1) is 4.90 Å². The lowest BCUT2D eigenvalue weighted by Crippen LogP contribution is -2.29. The molecule has 0 spiro atoms. The molecule has 2 heterocycles. The van der Waals surface area contributed by atoms with E-state index in [1.54, 1.807) is 12.1 Å². The van der Waals surface area contributed by atoms with Crippen LogP contribution in [0.5, 0.6) is 0 Å². The number of anilines is 2. The first-order chi connectivity index (χ1) is 15.0. The Morgan fingerprint density at radius 2 is 1.58 bits per heavy atom. The maximum atomic E-state index is 12.6. The fourth-order valence-electron chi connectivity index (χ4n) is 3.67. The molecule has 2 N–H and O–H groups in total. The molecule has 8 heteroatoms. The molecule has 0 amide bonds. The number of nitrogens with zero attached hydrogens (tertiary/aromatic N) is 3. The Hall–Kier alpha value is -2.97. The number of aryl methyl sites for hydroxylation is 1. The zero-order chi connectivity index (χ0) is 21.7. The van der Waals surface area contributed by atoms with Crippen LogP contribution in [0.15, 0.2) is 65.6 Å². The lowest BCUT2D eigenvalue weighted by Gasteiger charge is -2.17. The summed E-state index contributed by atoms with van der Waals surface area (Å²) >= 11 is 0. The number of sulfonamides is 1. The normalized spacial score (nSPS) is 14.0. The molecule has 2 aromatic carbocycles. The quantitative estimate of drug-likeness (QED) is 0.525. The summed E-state index contributed by atoms with van der Waals surface area (Å²) in [5, 5.41) is 3.20. The molecule has 31 heavy (non-hydrogen) atoms. The highest BCUT2D eigenvalue weighted by atomic mass is 32.2. The van der Waals surface area contributed by atoms with Crippen LogP contribution in [-0.2, 0) is 10.0 Å². The van der Waals surface area contributed by atoms with E-state index in [-0.39, 0.29) is 11.4 Å². The number of benzene rings is 2. The van der Waals surface area contributed by atoms with Crippen molar-refractivity contribution in [3.63, 3.8) is 0 Å². The molecule has 0 saturated carbocycles. The summed E-state index contributed by atoms with van der Waals surface area (Å²) in [5.41, 5.74) is 2.03. The van der Waals surface area contributed by atoms with Gasteiger partial charge in [-0.05, 0) is 43.0 Å². The number of rotatable bonds is 8. The van der Waals surface area contributed by atoms with Crippen molar-refractivity contribution in [2.45, 2.75) is 24.7 Å². The van der Waals surface area contributed by atoms with Crippen molar-refractivity contribution in [3.8, 4) is 11.1 Å². The summed E-state index contributed by atoms with van der Waals surface area (Å²) < 4.78 is 27.8. The zero-order valence-electron chi connectivity index (χ0n) is 17.6. The van der Waals surface area contributed by atoms with Crippen molar-refractivity contribution in [1.82, 2.24) is 14.7 Å². The van der Waals surface area contributed by atoms with E-state index in [2.05, 4.69) is 24.9 Å². The third kappa shape index (κ3) is 5.39. The highest BCUT2D eigenvalue weighted by molar-refractivity contribution is 7.89. The summed E-state index contributed by atoms with van der Waals surface area (Å²) in [4.78, 5) is 11.4. The third-order valence-electron chi connectivity index (χ3n) is 5.25. The Morgan fingerprint density at radius 1 is 0.903 bits per heavy atom. The Labute approximate surface area is 183 Å². The third-order valence-corrected chi connectivity index (χ3v) is 6.73. The van der Waals surface area contributed by atoms with Crippen molar-refractivity contribution in [2.75, 3.05) is 36.4 Å². The van der Waals surface area contributed by atoms with Gasteiger partial charge in [-0.3, -0.25) is 0 Å². The molecule has 1 aliphatic rings. The van der Waals surface area contributed by atoms with Gasteiger partial charge in [0.25, 0.3) is 0 Å². The van der Waals surface area contributed by atoms with Crippen LogP contribution in [-0.4, -0.2) is 44.6 Å². The van der Waals surface area contributed by atoms with E-state index in [1.807, 2.05) is 55.5 Å². The Bertz CT molecular complexity index is 1110. The smallest absolute Gasteiger partial charge is 0.240 e. The second kappa shape index (κ2) is 9.45. The molecule has 1 aliphatic heterocycles. The van der Waals surface area contributed by atoms with Gasteiger partial charge in [-0.1, -0.05) is 42.5 Å². The second-order valence-electron chi connectivity index (χ2n) is 7.57. The summed E-state index contributed by atoms with van der Waals surface area (Å²) in [6, 6.07) is 18.7. The molecule has 162 valence electrons. The number of nitrogens with one attached hydrogen (secondary N) is 2. The largest absolute Gasteiger partial charge is 0.369 e. The first kappa shape index (κ1) is 21.3. The number of hydrogen-bond donors (Lipinski definition) is 2. The highest BCUT2D eigenvalue weighted by Crippen LogP contribution is 2.22.